The number of hydrogen-bond acceptors (Lipinski definition) is 2. The molecule has 0 saturated carbocycles. The zero-order chi connectivity index (χ0) is 15.5. The highest BCUT2D eigenvalue weighted by atomic mass is 16.5. The first kappa shape index (κ1) is 14.2. The molecule has 0 saturated heterocycles. The number of ether oxygens (including phenoxy) is 1. The van der Waals surface area contributed by atoms with Crippen LogP contribution in [0.25, 0.3) is 10.8 Å². The van der Waals surface area contributed by atoms with Crippen LogP contribution in [0.1, 0.15) is 15.9 Å². The summed E-state index contributed by atoms with van der Waals surface area (Å²) < 4.78 is 7.25. The van der Waals surface area contributed by atoms with E-state index in [4.69, 9.17) is 9.84 Å². The van der Waals surface area contributed by atoms with Gasteiger partial charge in [0.2, 0.25) is 0 Å². The molecule has 3 rings (SSSR count). The van der Waals surface area contributed by atoms with E-state index in [2.05, 4.69) is 16.7 Å². The summed E-state index contributed by atoms with van der Waals surface area (Å²) >= 11 is 0. The highest BCUT2D eigenvalue weighted by Crippen LogP contribution is 2.18. The Morgan fingerprint density at radius 3 is 2.50 bits per heavy atom. The number of hydrogen-bond donors (Lipinski definition) is 1. The average Bonchev–Trinajstić information content (AvgIpc) is 2.95. The quantitative estimate of drug-likeness (QED) is 0.782. The Kier molecular flexibility index (Phi) is 3.83. The van der Waals surface area contributed by atoms with Crippen molar-refractivity contribution in [3.8, 4) is 5.75 Å². The number of fused-ring (bicyclic) bond motifs is 1. The predicted molar refractivity (Wildman–Crippen MR) is 85.6 cm³/mol. The van der Waals surface area contributed by atoms with E-state index in [0.717, 1.165) is 29.5 Å². The molecule has 2 aromatic carbocycles. The van der Waals surface area contributed by atoms with Crippen LogP contribution in [0.4, 0.5) is 0 Å². The zero-order valence-electron chi connectivity index (χ0n) is 12.3. The second kappa shape index (κ2) is 5.93. The Labute approximate surface area is 128 Å². The van der Waals surface area contributed by atoms with Gasteiger partial charge >= 0.3 is 5.97 Å². The van der Waals surface area contributed by atoms with Crippen LogP contribution in [-0.4, -0.2) is 22.8 Å². The van der Waals surface area contributed by atoms with Gasteiger partial charge in [0, 0.05) is 24.3 Å². The van der Waals surface area contributed by atoms with Gasteiger partial charge in [0.1, 0.15) is 5.75 Å². The first-order valence-electron chi connectivity index (χ1n) is 7.11. The molecule has 0 radical (unpaired) electrons. The molecular weight excluding hydrogens is 278 g/mol. The lowest BCUT2D eigenvalue weighted by atomic mass is 10.1. The van der Waals surface area contributed by atoms with Crippen molar-refractivity contribution in [2.75, 3.05) is 7.11 Å². The highest BCUT2D eigenvalue weighted by molar-refractivity contribution is 5.94. The molecule has 3 aromatic rings. The lowest BCUT2D eigenvalue weighted by molar-refractivity contribution is 0.0697. The Balaban J connectivity index is 1.74. The summed E-state index contributed by atoms with van der Waals surface area (Å²) in [6.45, 7) is 0.851. The summed E-state index contributed by atoms with van der Waals surface area (Å²) in [5.74, 6) is -0.0375. The minimum absolute atomic E-state index is 0.320. The van der Waals surface area contributed by atoms with Gasteiger partial charge < -0.3 is 14.4 Å². The smallest absolute Gasteiger partial charge is 0.335 e. The fourth-order valence-electron chi connectivity index (χ4n) is 2.51. The molecule has 0 aliphatic heterocycles. The maximum Gasteiger partial charge on any atom is 0.335 e. The molecule has 0 atom stereocenters. The van der Waals surface area contributed by atoms with Crippen LogP contribution < -0.4 is 4.74 Å². The first-order valence-corrected chi connectivity index (χ1v) is 7.11. The van der Waals surface area contributed by atoms with E-state index in [1.165, 1.54) is 5.56 Å². The van der Waals surface area contributed by atoms with Gasteiger partial charge in [-0.25, -0.2) is 4.79 Å². The Hall–Kier alpha value is -2.75. The van der Waals surface area contributed by atoms with E-state index in [0.29, 0.717) is 5.56 Å². The van der Waals surface area contributed by atoms with Gasteiger partial charge in [-0.3, -0.25) is 0 Å². The summed E-state index contributed by atoms with van der Waals surface area (Å²) in [7, 11) is 1.66. The van der Waals surface area contributed by atoms with E-state index >= 15 is 0 Å². The largest absolute Gasteiger partial charge is 0.497 e. The maximum absolute atomic E-state index is 11.0. The van der Waals surface area contributed by atoms with Crippen LogP contribution in [0.3, 0.4) is 0 Å². The fourth-order valence-corrected chi connectivity index (χ4v) is 2.51. The Morgan fingerprint density at radius 2 is 1.82 bits per heavy atom. The van der Waals surface area contributed by atoms with Crippen LogP contribution in [0.15, 0.2) is 54.9 Å². The number of carboxylic acids is 1. The van der Waals surface area contributed by atoms with Crippen LogP contribution in [0.2, 0.25) is 0 Å². The SMILES string of the molecule is COc1ccc(CCn2cc3ccc(C(=O)O)cc3c2)cc1. The van der Waals surface area contributed by atoms with Crippen LogP contribution in [-0.2, 0) is 13.0 Å². The molecular formula is C18H17NO3. The second-order valence-corrected chi connectivity index (χ2v) is 5.24. The number of aryl methyl sites for hydroxylation is 2. The van der Waals surface area contributed by atoms with Crippen molar-refractivity contribution in [1.29, 1.82) is 0 Å². The predicted octanol–water partition coefficient (Wildman–Crippen LogP) is 3.59. The summed E-state index contributed by atoms with van der Waals surface area (Å²) in [5.41, 5.74) is 1.56. The second-order valence-electron chi connectivity index (χ2n) is 5.24. The average molecular weight is 295 g/mol. The van der Waals surface area contributed by atoms with Crippen molar-refractivity contribution in [2.24, 2.45) is 0 Å². The van der Waals surface area contributed by atoms with E-state index in [1.54, 1.807) is 19.2 Å². The number of carbonyl (C=O) groups is 1. The van der Waals surface area contributed by atoms with Crippen LogP contribution in [0.5, 0.6) is 5.75 Å². The zero-order valence-corrected chi connectivity index (χ0v) is 12.3. The van der Waals surface area contributed by atoms with E-state index < -0.39 is 5.97 Å². The highest BCUT2D eigenvalue weighted by Gasteiger charge is 2.05. The van der Waals surface area contributed by atoms with Gasteiger partial charge in [0.15, 0.2) is 0 Å². The molecule has 0 aliphatic rings. The molecule has 112 valence electrons. The third-order valence-electron chi connectivity index (χ3n) is 3.76. The maximum atomic E-state index is 11.0. The molecule has 0 unspecified atom stereocenters. The number of nitrogens with zero attached hydrogens (tertiary/aromatic N) is 1. The lowest BCUT2D eigenvalue weighted by Gasteiger charge is -2.04. The molecule has 0 aliphatic carbocycles. The van der Waals surface area contributed by atoms with Crippen molar-refractivity contribution in [2.45, 2.75) is 13.0 Å². The molecule has 0 fully saturated rings. The molecule has 22 heavy (non-hydrogen) atoms. The lowest BCUT2D eigenvalue weighted by Crippen LogP contribution is -1.98. The van der Waals surface area contributed by atoms with Gasteiger partial charge in [-0.1, -0.05) is 18.2 Å². The summed E-state index contributed by atoms with van der Waals surface area (Å²) in [6, 6.07) is 13.2. The number of carboxylic acid groups (broad SMARTS) is 1. The van der Waals surface area contributed by atoms with Gasteiger partial charge in [-0.2, -0.15) is 0 Å². The number of methoxy groups -OCH3 is 1. The molecule has 4 heteroatoms. The summed E-state index contributed by atoms with van der Waals surface area (Å²) in [5, 5.41) is 11.0. The molecule has 1 heterocycles. The number of aromatic nitrogens is 1. The third kappa shape index (κ3) is 2.96. The van der Waals surface area contributed by atoms with Crippen LogP contribution >= 0.6 is 0 Å². The molecule has 1 aromatic heterocycles. The van der Waals surface area contributed by atoms with Gasteiger partial charge in [0.25, 0.3) is 0 Å². The molecule has 4 nitrogen and oxygen atoms in total. The normalized spacial score (nSPS) is 10.8. The van der Waals surface area contributed by atoms with E-state index in [1.807, 2.05) is 30.6 Å². The Bertz CT molecular complexity index is 803. The Morgan fingerprint density at radius 1 is 1.09 bits per heavy atom. The van der Waals surface area contributed by atoms with Crippen molar-refractivity contribution in [1.82, 2.24) is 4.57 Å². The molecule has 0 amide bonds. The van der Waals surface area contributed by atoms with Gasteiger partial charge in [-0.15, -0.1) is 0 Å². The van der Waals surface area contributed by atoms with Gasteiger partial charge in [0.05, 0.1) is 12.7 Å². The first-order chi connectivity index (χ1) is 10.7. The monoisotopic (exact) mass is 295 g/mol. The third-order valence-corrected chi connectivity index (χ3v) is 3.76. The molecule has 1 N–H and O–H groups in total. The summed E-state index contributed by atoms with van der Waals surface area (Å²) in [6.07, 6.45) is 4.95. The van der Waals surface area contributed by atoms with Crippen LogP contribution in [0, 0.1) is 0 Å². The summed E-state index contributed by atoms with van der Waals surface area (Å²) in [4.78, 5) is 11.0. The van der Waals surface area contributed by atoms with Crippen molar-refractivity contribution in [3.63, 3.8) is 0 Å². The van der Waals surface area contributed by atoms with Crippen molar-refractivity contribution in [3.05, 3.63) is 66.0 Å². The fraction of sp³-hybridized carbons (Fsp3) is 0.167. The van der Waals surface area contributed by atoms with Crippen molar-refractivity contribution >= 4 is 16.7 Å². The number of aromatic carboxylic acids is 1. The van der Waals surface area contributed by atoms with Crippen molar-refractivity contribution < 1.29 is 14.6 Å². The van der Waals surface area contributed by atoms with E-state index in [-0.39, 0.29) is 0 Å². The van der Waals surface area contributed by atoms with Gasteiger partial charge in [-0.05, 0) is 41.6 Å². The number of rotatable bonds is 5. The minimum atomic E-state index is -0.895. The topological polar surface area (TPSA) is 51.5 Å². The van der Waals surface area contributed by atoms with E-state index in [9.17, 15) is 4.79 Å². The molecule has 0 bridgehead atoms. The molecule has 0 spiro atoms. The number of benzene rings is 2. The minimum Gasteiger partial charge on any atom is -0.497 e. The standard InChI is InChI=1S/C18H17NO3/c1-22-17-6-2-13(3-7-17)8-9-19-11-15-5-4-14(18(20)21)10-16(15)12-19/h2-7,10-12H,8-9H2,1H3,(H,20,21).